The fourth-order valence-electron chi connectivity index (χ4n) is 1.57. The van der Waals surface area contributed by atoms with E-state index < -0.39 is 5.60 Å². The lowest BCUT2D eigenvalue weighted by atomic mass is 9.97. The molecule has 1 aliphatic heterocycles. The smallest absolute Gasteiger partial charge is 0.154 e. The van der Waals surface area contributed by atoms with Crippen LogP contribution in [0.25, 0.3) is 0 Å². The van der Waals surface area contributed by atoms with Crippen LogP contribution in [0.3, 0.4) is 0 Å². The normalized spacial score (nSPS) is 26.3. The van der Waals surface area contributed by atoms with E-state index >= 15 is 0 Å². The van der Waals surface area contributed by atoms with Gasteiger partial charge in [0.25, 0.3) is 0 Å². The Labute approximate surface area is 82.6 Å². The van der Waals surface area contributed by atoms with Crippen molar-refractivity contribution < 1.29 is 14.3 Å². The van der Waals surface area contributed by atoms with Gasteiger partial charge in [-0.2, -0.15) is 0 Å². The van der Waals surface area contributed by atoms with Crippen molar-refractivity contribution in [3.05, 3.63) is 35.9 Å². The summed E-state index contributed by atoms with van der Waals surface area (Å²) in [6.45, 7) is 0.566. The molecule has 0 amide bonds. The summed E-state index contributed by atoms with van der Waals surface area (Å²) in [7, 11) is 0. The summed E-state index contributed by atoms with van der Waals surface area (Å²) in [5, 5.41) is 0. The van der Waals surface area contributed by atoms with Gasteiger partial charge in [-0.1, -0.05) is 30.3 Å². The third kappa shape index (κ3) is 1.84. The Hall–Kier alpha value is -1.19. The average molecular weight is 192 g/mol. The fraction of sp³-hybridized carbons (Fsp3) is 0.364. The first-order valence-electron chi connectivity index (χ1n) is 4.57. The van der Waals surface area contributed by atoms with E-state index in [9.17, 15) is 4.79 Å². The van der Waals surface area contributed by atoms with Crippen molar-refractivity contribution in [2.75, 3.05) is 13.4 Å². The Morgan fingerprint density at radius 1 is 1.36 bits per heavy atom. The van der Waals surface area contributed by atoms with Crippen LogP contribution in [0.1, 0.15) is 5.56 Å². The molecule has 1 aliphatic rings. The zero-order valence-corrected chi connectivity index (χ0v) is 7.81. The van der Waals surface area contributed by atoms with Gasteiger partial charge in [-0.3, -0.25) is 0 Å². The Kier molecular flexibility index (Phi) is 2.61. The third-order valence-corrected chi connectivity index (χ3v) is 2.34. The predicted molar refractivity (Wildman–Crippen MR) is 50.8 cm³/mol. The molecule has 1 atom stereocenters. The number of rotatable bonds is 3. The minimum absolute atomic E-state index is 0.214. The molecule has 14 heavy (non-hydrogen) atoms. The molecule has 2 rings (SSSR count). The molecule has 1 heterocycles. The molecule has 1 saturated heterocycles. The minimum Gasteiger partial charge on any atom is -0.352 e. The molecule has 0 aromatic heterocycles. The van der Waals surface area contributed by atoms with E-state index in [1.807, 2.05) is 30.3 Å². The number of hydrogen-bond donors (Lipinski definition) is 0. The first-order valence-corrected chi connectivity index (χ1v) is 4.57. The summed E-state index contributed by atoms with van der Waals surface area (Å²) in [5.74, 6) is 0. The number of ether oxygens (including phenoxy) is 2. The highest BCUT2D eigenvalue weighted by Gasteiger charge is 2.36. The molecule has 0 aliphatic carbocycles. The molecule has 1 fully saturated rings. The molecule has 3 nitrogen and oxygen atoms in total. The Balaban J connectivity index is 2.12. The average Bonchev–Trinajstić information content (AvgIpc) is 2.69. The monoisotopic (exact) mass is 192 g/mol. The summed E-state index contributed by atoms with van der Waals surface area (Å²) in [4.78, 5) is 10.9. The molecule has 0 spiro atoms. The minimum atomic E-state index is -0.763. The summed E-state index contributed by atoms with van der Waals surface area (Å²) >= 11 is 0. The van der Waals surface area contributed by atoms with Crippen molar-refractivity contribution >= 4 is 6.29 Å². The van der Waals surface area contributed by atoms with E-state index in [0.29, 0.717) is 13.0 Å². The summed E-state index contributed by atoms with van der Waals surface area (Å²) in [6, 6.07) is 9.80. The lowest BCUT2D eigenvalue weighted by Gasteiger charge is -2.18. The maximum Gasteiger partial charge on any atom is 0.154 e. The van der Waals surface area contributed by atoms with E-state index in [1.54, 1.807) is 0 Å². The second kappa shape index (κ2) is 3.90. The molecule has 1 aromatic carbocycles. The van der Waals surface area contributed by atoms with E-state index in [-0.39, 0.29) is 6.79 Å². The van der Waals surface area contributed by atoms with Gasteiger partial charge in [-0.25, -0.2) is 0 Å². The lowest BCUT2D eigenvalue weighted by molar-refractivity contribution is -0.124. The molecule has 0 radical (unpaired) electrons. The standard InChI is InChI=1S/C11H12O3/c12-7-11(8-13-9-14-11)6-10-4-2-1-3-5-10/h1-5,7H,6,8-9H2. The Morgan fingerprint density at radius 2 is 2.14 bits per heavy atom. The molecule has 0 N–H and O–H groups in total. The number of aldehydes is 1. The Bertz CT molecular complexity index is 302. The van der Waals surface area contributed by atoms with Crippen molar-refractivity contribution in [2.45, 2.75) is 12.0 Å². The molecule has 0 bridgehead atoms. The van der Waals surface area contributed by atoms with E-state index in [1.165, 1.54) is 0 Å². The predicted octanol–water partition coefficient (Wildman–Crippen LogP) is 1.17. The van der Waals surface area contributed by atoms with Crippen LogP contribution in [0.2, 0.25) is 0 Å². The zero-order valence-electron chi connectivity index (χ0n) is 7.81. The van der Waals surface area contributed by atoms with E-state index in [4.69, 9.17) is 9.47 Å². The van der Waals surface area contributed by atoms with Gasteiger partial charge in [0, 0.05) is 6.42 Å². The van der Waals surface area contributed by atoms with Crippen LogP contribution >= 0.6 is 0 Å². The number of benzene rings is 1. The van der Waals surface area contributed by atoms with Crippen LogP contribution in [0.5, 0.6) is 0 Å². The van der Waals surface area contributed by atoms with Crippen molar-refractivity contribution in [1.82, 2.24) is 0 Å². The van der Waals surface area contributed by atoms with Crippen LogP contribution in [0.4, 0.5) is 0 Å². The quantitative estimate of drug-likeness (QED) is 0.674. The summed E-state index contributed by atoms with van der Waals surface area (Å²) < 4.78 is 10.4. The van der Waals surface area contributed by atoms with E-state index in [2.05, 4.69) is 0 Å². The van der Waals surface area contributed by atoms with Crippen LogP contribution in [-0.4, -0.2) is 25.3 Å². The molecule has 1 unspecified atom stereocenters. The molecule has 3 heteroatoms. The van der Waals surface area contributed by atoms with Crippen molar-refractivity contribution in [3.8, 4) is 0 Å². The van der Waals surface area contributed by atoms with Crippen LogP contribution in [0.15, 0.2) is 30.3 Å². The maximum atomic E-state index is 10.9. The van der Waals surface area contributed by atoms with Crippen LogP contribution < -0.4 is 0 Å². The molecule has 74 valence electrons. The SMILES string of the molecule is O=CC1(Cc2ccccc2)COCO1. The number of carbonyl (C=O) groups excluding carboxylic acids is 1. The highest BCUT2D eigenvalue weighted by atomic mass is 16.7. The van der Waals surface area contributed by atoms with Gasteiger partial charge in [0.2, 0.25) is 0 Å². The highest BCUT2D eigenvalue weighted by Crippen LogP contribution is 2.21. The fourth-order valence-corrected chi connectivity index (χ4v) is 1.57. The summed E-state index contributed by atoms with van der Waals surface area (Å²) in [6.07, 6.45) is 1.42. The molecular weight excluding hydrogens is 180 g/mol. The van der Waals surface area contributed by atoms with Gasteiger partial charge in [-0.05, 0) is 5.56 Å². The zero-order chi connectivity index (χ0) is 9.86. The van der Waals surface area contributed by atoms with Gasteiger partial charge in [0.05, 0.1) is 6.61 Å². The second-order valence-electron chi connectivity index (χ2n) is 3.46. The first-order chi connectivity index (χ1) is 6.85. The van der Waals surface area contributed by atoms with Crippen molar-refractivity contribution in [3.63, 3.8) is 0 Å². The highest BCUT2D eigenvalue weighted by molar-refractivity contribution is 5.64. The molecule has 1 aromatic rings. The topological polar surface area (TPSA) is 35.5 Å². The van der Waals surface area contributed by atoms with Crippen LogP contribution in [0, 0.1) is 0 Å². The van der Waals surface area contributed by atoms with E-state index in [0.717, 1.165) is 11.8 Å². The number of carbonyl (C=O) groups is 1. The summed E-state index contributed by atoms with van der Waals surface area (Å²) in [5.41, 5.74) is 0.326. The van der Waals surface area contributed by atoms with Crippen LogP contribution in [-0.2, 0) is 20.7 Å². The third-order valence-electron chi connectivity index (χ3n) is 2.34. The maximum absolute atomic E-state index is 10.9. The molecular formula is C11H12O3. The van der Waals surface area contributed by atoms with Gasteiger partial charge in [0.15, 0.2) is 11.9 Å². The molecule has 0 saturated carbocycles. The Morgan fingerprint density at radius 3 is 2.71 bits per heavy atom. The van der Waals surface area contributed by atoms with Crippen molar-refractivity contribution in [2.24, 2.45) is 0 Å². The van der Waals surface area contributed by atoms with Gasteiger partial charge in [0.1, 0.15) is 6.79 Å². The second-order valence-corrected chi connectivity index (χ2v) is 3.46. The van der Waals surface area contributed by atoms with Gasteiger partial charge in [-0.15, -0.1) is 0 Å². The van der Waals surface area contributed by atoms with Gasteiger partial charge >= 0.3 is 0 Å². The first kappa shape index (κ1) is 9.37. The number of hydrogen-bond acceptors (Lipinski definition) is 3. The largest absolute Gasteiger partial charge is 0.352 e. The van der Waals surface area contributed by atoms with Crippen molar-refractivity contribution in [1.29, 1.82) is 0 Å². The lowest BCUT2D eigenvalue weighted by Crippen LogP contribution is -2.36. The van der Waals surface area contributed by atoms with Gasteiger partial charge < -0.3 is 14.3 Å².